The number of carbonyl (C=O) groups excluding carboxylic acids is 1. The summed E-state index contributed by atoms with van der Waals surface area (Å²) in [5, 5.41) is 4.56. The molecule has 1 aromatic heterocycles. The highest BCUT2D eigenvalue weighted by Crippen LogP contribution is 2.37. The van der Waals surface area contributed by atoms with Crippen LogP contribution in [0.4, 0.5) is 0 Å². The van der Waals surface area contributed by atoms with Crippen molar-refractivity contribution < 1.29 is 14.3 Å². The molecule has 0 spiro atoms. The lowest BCUT2D eigenvalue weighted by atomic mass is 9.98. The quantitative estimate of drug-likeness (QED) is 0.407. The van der Waals surface area contributed by atoms with E-state index >= 15 is 0 Å². The Morgan fingerprint density at radius 3 is 2.31 bits per heavy atom. The molecule has 6 heteroatoms. The summed E-state index contributed by atoms with van der Waals surface area (Å²) in [6.07, 6.45) is 0. The zero-order chi connectivity index (χ0) is 22.5. The van der Waals surface area contributed by atoms with Gasteiger partial charge in [0, 0.05) is 31.2 Å². The standard InChI is InChI=1S/C26H22N2O4/c1-18(29)31-17-19-12-14-20(15-13-19)23-16-25(30)28(2)27-26(23)22-10-6-7-11-24(22)32-21-8-4-3-5-9-21/h3-16H,17H2,1-2H3. The Labute approximate surface area is 185 Å². The third kappa shape index (κ3) is 4.75. The van der Waals surface area contributed by atoms with Crippen LogP contribution in [-0.4, -0.2) is 15.7 Å². The molecule has 4 aromatic rings. The highest BCUT2D eigenvalue weighted by Gasteiger charge is 2.16. The van der Waals surface area contributed by atoms with Gasteiger partial charge in [-0.2, -0.15) is 5.10 Å². The minimum Gasteiger partial charge on any atom is -0.461 e. The predicted octanol–water partition coefficient (Wildman–Crippen LogP) is 4.97. The zero-order valence-corrected chi connectivity index (χ0v) is 17.8. The predicted molar refractivity (Wildman–Crippen MR) is 122 cm³/mol. The van der Waals surface area contributed by atoms with Crippen LogP contribution in [0.1, 0.15) is 12.5 Å². The van der Waals surface area contributed by atoms with E-state index < -0.39 is 0 Å². The van der Waals surface area contributed by atoms with Crippen molar-refractivity contribution in [3.8, 4) is 33.9 Å². The molecule has 160 valence electrons. The SMILES string of the molecule is CC(=O)OCc1ccc(-c2cc(=O)n(C)nc2-c2ccccc2Oc2ccccc2)cc1. The average molecular weight is 426 g/mol. The molecule has 0 radical (unpaired) electrons. The van der Waals surface area contributed by atoms with Gasteiger partial charge >= 0.3 is 5.97 Å². The van der Waals surface area contributed by atoms with Gasteiger partial charge < -0.3 is 9.47 Å². The van der Waals surface area contributed by atoms with Crippen molar-refractivity contribution in [3.63, 3.8) is 0 Å². The highest BCUT2D eigenvalue weighted by molar-refractivity contribution is 5.83. The Bertz CT molecular complexity index is 1300. The van der Waals surface area contributed by atoms with E-state index in [1.807, 2.05) is 78.9 Å². The number of ether oxygens (including phenoxy) is 2. The lowest BCUT2D eigenvalue weighted by Gasteiger charge is -2.15. The van der Waals surface area contributed by atoms with Crippen LogP contribution in [0.25, 0.3) is 22.4 Å². The second-order valence-electron chi connectivity index (χ2n) is 7.26. The van der Waals surface area contributed by atoms with Gasteiger partial charge in [-0.25, -0.2) is 4.68 Å². The van der Waals surface area contributed by atoms with E-state index in [0.717, 1.165) is 16.7 Å². The van der Waals surface area contributed by atoms with E-state index in [4.69, 9.17) is 9.47 Å². The maximum Gasteiger partial charge on any atom is 0.302 e. The number of rotatable bonds is 6. The molecule has 0 amide bonds. The molecule has 0 fully saturated rings. The van der Waals surface area contributed by atoms with Crippen LogP contribution < -0.4 is 10.3 Å². The summed E-state index contributed by atoms with van der Waals surface area (Å²) in [5.74, 6) is 1.01. The molecule has 32 heavy (non-hydrogen) atoms. The molecular weight excluding hydrogens is 404 g/mol. The summed E-state index contributed by atoms with van der Waals surface area (Å²) in [6.45, 7) is 1.58. The summed E-state index contributed by atoms with van der Waals surface area (Å²) in [6, 6.07) is 26.2. The molecule has 1 heterocycles. The van der Waals surface area contributed by atoms with E-state index in [0.29, 0.717) is 22.8 Å². The van der Waals surface area contributed by atoms with Crippen molar-refractivity contribution in [2.24, 2.45) is 7.05 Å². The van der Waals surface area contributed by atoms with Crippen molar-refractivity contribution in [2.75, 3.05) is 0 Å². The minimum atomic E-state index is -0.331. The van der Waals surface area contributed by atoms with E-state index in [9.17, 15) is 9.59 Å². The molecule has 0 saturated carbocycles. The Morgan fingerprint density at radius 1 is 0.906 bits per heavy atom. The summed E-state index contributed by atoms with van der Waals surface area (Å²) in [7, 11) is 1.62. The van der Waals surface area contributed by atoms with Gasteiger partial charge in [0.1, 0.15) is 23.8 Å². The molecule has 4 rings (SSSR count). The van der Waals surface area contributed by atoms with Gasteiger partial charge in [-0.3, -0.25) is 9.59 Å². The van der Waals surface area contributed by atoms with E-state index in [2.05, 4.69) is 5.10 Å². The molecule has 6 nitrogen and oxygen atoms in total. The van der Waals surface area contributed by atoms with Crippen LogP contribution in [0.2, 0.25) is 0 Å². The Morgan fingerprint density at radius 2 is 1.59 bits per heavy atom. The van der Waals surface area contributed by atoms with Gasteiger partial charge in [-0.1, -0.05) is 54.6 Å². The number of esters is 1. The fraction of sp³-hybridized carbons (Fsp3) is 0.115. The number of hydrogen-bond donors (Lipinski definition) is 0. The largest absolute Gasteiger partial charge is 0.461 e. The van der Waals surface area contributed by atoms with Gasteiger partial charge in [0.05, 0.1) is 0 Å². The molecule has 0 N–H and O–H groups in total. The Balaban J connectivity index is 1.77. The molecule has 0 bridgehead atoms. The fourth-order valence-electron chi connectivity index (χ4n) is 3.29. The topological polar surface area (TPSA) is 70.4 Å². The first-order valence-electron chi connectivity index (χ1n) is 10.1. The van der Waals surface area contributed by atoms with Gasteiger partial charge in [-0.15, -0.1) is 0 Å². The molecule has 0 saturated heterocycles. The fourth-order valence-corrected chi connectivity index (χ4v) is 3.29. The number of aromatic nitrogens is 2. The first kappa shape index (κ1) is 21.1. The third-order valence-corrected chi connectivity index (χ3v) is 4.91. The molecule has 0 aliphatic heterocycles. The van der Waals surface area contributed by atoms with E-state index in [-0.39, 0.29) is 18.1 Å². The zero-order valence-electron chi connectivity index (χ0n) is 17.8. The van der Waals surface area contributed by atoms with Crippen molar-refractivity contribution >= 4 is 5.97 Å². The number of nitrogens with zero attached hydrogens (tertiary/aromatic N) is 2. The normalized spacial score (nSPS) is 10.6. The molecule has 3 aromatic carbocycles. The van der Waals surface area contributed by atoms with Gasteiger partial charge in [0.2, 0.25) is 0 Å². The monoisotopic (exact) mass is 426 g/mol. The first-order chi connectivity index (χ1) is 15.5. The van der Waals surface area contributed by atoms with Gasteiger partial charge in [-0.05, 0) is 35.4 Å². The molecular formula is C26H22N2O4. The second kappa shape index (κ2) is 9.31. The van der Waals surface area contributed by atoms with Crippen molar-refractivity contribution in [3.05, 3.63) is 101 Å². The lowest BCUT2D eigenvalue weighted by molar-refractivity contribution is -0.142. The maximum absolute atomic E-state index is 12.4. The Hall–Kier alpha value is -4.19. The van der Waals surface area contributed by atoms with Crippen molar-refractivity contribution in [1.29, 1.82) is 0 Å². The summed E-state index contributed by atoms with van der Waals surface area (Å²) in [5.41, 5.74) is 3.56. The smallest absolute Gasteiger partial charge is 0.302 e. The van der Waals surface area contributed by atoms with Crippen LogP contribution in [0.5, 0.6) is 11.5 Å². The first-order valence-corrected chi connectivity index (χ1v) is 10.1. The van der Waals surface area contributed by atoms with E-state index in [1.54, 1.807) is 13.1 Å². The summed E-state index contributed by atoms with van der Waals surface area (Å²) >= 11 is 0. The number of aryl methyl sites for hydroxylation is 1. The van der Waals surface area contributed by atoms with Crippen molar-refractivity contribution in [2.45, 2.75) is 13.5 Å². The molecule has 0 unspecified atom stereocenters. The number of hydrogen-bond acceptors (Lipinski definition) is 5. The van der Waals surface area contributed by atoms with Crippen LogP contribution in [0.3, 0.4) is 0 Å². The molecule has 0 aliphatic carbocycles. The second-order valence-corrected chi connectivity index (χ2v) is 7.26. The maximum atomic E-state index is 12.4. The van der Waals surface area contributed by atoms with Crippen LogP contribution in [0.15, 0.2) is 89.7 Å². The van der Waals surface area contributed by atoms with Gasteiger partial charge in [0.25, 0.3) is 5.56 Å². The third-order valence-electron chi connectivity index (χ3n) is 4.91. The van der Waals surface area contributed by atoms with Crippen LogP contribution in [-0.2, 0) is 23.2 Å². The van der Waals surface area contributed by atoms with Crippen LogP contribution >= 0.6 is 0 Å². The van der Waals surface area contributed by atoms with Crippen LogP contribution in [0, 0.1) is 0 Å². The minimum absolute atomic E-state index is 0.199. The molecule has 0 atom stereocenters. The van der Waals surface area contributed by atoms with E-state index in [1.165, 1.54) is 11.6 Å². The average Bonchev–Trinajstić information content (AvgIpc) is 2.81. The summed E-state index contributed by atoms with van der Waals surface area (Å²) in [4.78, 5) is 23.5. The lowest BCUT2D eigenvalue weighted by Crippen LogP contribution is -2.19. The number of benzene rings is 3. The Kier molecular flexibility index (Phi) is 6.12. The molecule has 0 aliphatic rings. The van der Waals surface area contributed by atoms with Crippen molar-refractivity contribution in [1.82, 2.24) is 9.78 Å². The summed E-state index contributed by atoms with van der Waals surface area (Å²) < 4.78 is 12.5. The number of carbonyl (C=O) groups is 1. The van der Waals surface area contributed by atoms with Gasteiger partial charge in [0.15, 0.2) is 0 Å². The highest BCUT2D eigenvalue weighted by atomic mass is 16.5. The number of para-hydroxylation sites is 2.